The monoisotopic (exact) mass is 541 g/mol. The van der Waals surface area contributed by atoms with Crippen molar-refractivity contribution in [1.29, 1.82) is 0 Å². The second-order valence-electron chi connectivity index (χ2n) is 12.6. The number of nitrogens with one attached hydrogen (secondary N) is 4. The highest BCUT2D eigenvalue weighted by Crippen LogP contribution is 2.57. The number of hydrogen-bond donors (Lipinski definition) is 4. The van der Waals surface area contributed by atoms with Gasteiger partial charge in [0.1, 0.15) is 11.6 Å². The van der Waals surface area contributed by atoms with Crippen LogP contribution in [-0.2, 0) is 0 Å². The van der Waals surface area contributed by atoms with Crippen molar-refractivity contribution in [2.75, 3.05) is 20.1 Å². The summed E-state index contributed by atoms with van der Waals surface area (Å²) in [5.41, 5.74) is 8.85. The number of nitrogens with zero attached hydrogens (tertiary/aromatic N) is 3. The van der Waals surface area contributed by atoms with Gasteiger partial charge in [0.2, 0.25) is 0 Å². The van der Waals surface area contributed by atoms with E-state index in [1.54, 1.807) is 16.7 Å². The van der Waals surface area contributed by atoms with Crippen molar-refractivity contribution in [3.8, 4) is 11.3 Å². The van der Waals surface area contributed by atoms with E-state index in [0.29, 0.717) is 36.0 Å². The molecule has 5 aliphatic rings. The van der Waals surface area contributed by atoms with Crippen LogP contribution >= 0.6 is 0 Å². The molecule has 1 aliphatic carbocycles. The van der Waals surface area contributed by atoms with Crippen molar-refractivity contribution >= 4 is 0 Å². The molecule has 0 spiro atoms. The van der Waals surface area contributed by atoms with Crippen molar-refractivity contribution < 1.29 is 0 Å². The standard InChI is InChI=1S/C31H41N7.C2H6/c1-38-26-12-13-27(38)29-21(25-17-35-31(37-25)23-5-3-15-33-23)11-10-20(28(26)29)18-6-8-19(9-7-18)24-16-34-30(36-24)22-4-2-14-32-22;1-2/h10-11,16-19,22-23,26-27,32-33H,2-9,12-15H2,1H3,(H,34,36)(H,35,37);1-2H3/t18?,19?,22?,23-,26?,27?;/m0./s1. The number of aromatic amines is 2. The van der Waals surface area contributed by atoms with Gasteiger partial charge in [0.25, 0.3) is 0 Å². The minimum atomic E-state index is 0.380. The fourth-order valence-corrected chi connectivity index (χ4v) is 8.55. The Balaban J connectivity index is 0.00000130. The molecular weight excluding hydrogens is 494 g/mol. The van der Waals surface area contributed by atoms with Crippen molar-refractivity contribution in [2.45, 2.75) is 114 Å². The lowest BCUT2D eigenvalue weighted by atomic mass is 9.73. The smallest absolute Gasteiger partial charge is 0.123 e. The topological polar surface area (TPSA) is 84.7 Å². The van der Waals surface area contributed by atoms with Crippen LogP contribution in [0.2, 0.25) is 0 Å². The number of imidazole rings is 2. The van der Waals surface area contributed by atoms with E-state index in [1.165, 1.54) is 81.2 Å². The normalized spacial score (nSPS) is 31.4. The molecule has 4 atom stereocenters. The maximum Gasteiger partial charge on any atom is 0.123 e. The lowest BCUT2D eigenvalue weighted by Gasteiger charge is -2.31. The Labute approximate surface area is 239 Å². The van der Waals surface area contributed by atoms with E-state index >= 15 is 0 Å². The fraction of sp³-hybridized carbons (Fsp3) is 0.636. The first-order valence-corrected chi connectivity index (χ1v) is 16.2. The lowest BCUT2D eigenvalue weighted by molar-refractivity contribution is 0.279. The van der Waals surface area contributed by atoms with Gasteiger partial charge in [-0.3, -0.25) is 4.90 Å². The first kappa shape index (κ1) is 26.4. The summed E-state index contributed by atoms with van der Waals surface area (Å²) in [6.07, 6.45) is 16.7. The number of hydrogen-bond acceptors (Lipinski definition) is 5. The highest BCUT2D eigenvalue weighted by molar-refractivity contribution is 5.70. The van der Waals surface area contributed by atoms with Crippen LogP contribution in [0.5, 0.6) is 0 Å². The quantitative estimate of drug-likeness (QED) is 0.281. The van der Waals surface area contributed by atoms with Crippen LogP contribution in [0, 0.1) is 0 Å². The Morgan fingerprint density at radius 2 is 1.32 bits per heavy atom. The molecule has 7 heteroatoms. The largest absolute Gasteiger partial charge is 0.344 e. The molecule has 1 aromatic carbocycles. The van der Waals surface area contributed by atoms with Crippen molar-refractivity contribution in [1.82, 2.24) is 35.5 Å². The molecule has 2 aromatic heterocycles. The zero-order valence-corrected chi connectivity index (χ0v) is 24.6. The molecule has 2 bridgehead atoms. The van der Waals surface area contributed by atoms with Crippen LogP contribution in [0.3, 0.4) is 0 Å². The van der Waals surface area contributed by atoms with E-state index in [0.717, 1.165) is 24.7 Å². The SMILES string of the molecule is CC.CN1C2CCC1c1c(C3CCC(c4cnc(C5CCCN5)[nH]4)CC3)ccc(-c3cnc([C@@H]4CCCN4)[nH]3)c12. The van der Waals surface area contributed by atoms with Gasteiger partial charge < -0.3 is 20.6 Å². The fourth-order valence-electron chi connectivity index (χ4n) is 8.55. The van der Waals surface area contributed by atoms with E-state index in [1.807, 2.05) is 13.8 Å². The predicted molar refractivity (Wildman–Crippen MR) is 160 cm³/mol. The van der Waals surface area contributed by atoms with Crippen LogP contribution in [0.4, 0.5) is 0 Å². The van der Waals surface area contributed by atoms with E-state index in [4.69, 9.17) is 9.97 Å². The summed E-state index contributed by atoms with van der Waals surface area (Å²) in [4.78, 5) is 19.6. The minimum absolute atomic E-state index is 0.380. The number of fused-ring (bicyclic) bond motifs is 5. The molecule has 214 valence electrons. The average molecular weight is 542 g/mol. The zero-order valence-electron chi connectivity index (χ0n) is 24.6. The van der Waals surface area contributed by atoms with Crippen LogP contribution < -0.4 is 10.6 Å². The van der Waals surface area contributed by atoms with E-state index < -0.39 is 0 Å². The van der Waals surface area contributed by atoms with Crippen LogP contribution in [0.25, 0.3) is 11.3 Å². The molecule has 0 radical (unpaired) electrons. The lowest BCUT2D eigenvalue weighted by Crippen LogP contribution is -2.17. The summed E-state index contributed by atoms with van der Waals surface area (Å²) < 4.78 is 0. The number of aromatic nitrogens is 4. The summed E-state index contributed by atoms with van der Waals surface area (Å²) in [5, 5.41) is 7.18. The van der Waals surface area contributed by atoms with Crippen LogP contribution in [0.15, 0.2) is 24.5 Å². The summed E-state index contributed by atoms with van der Waals surface area (Å²) in [6.45, 7) is 6.21. The van der Waals surface area contributed by atoms with Gasteiger partial charge in [-0.05, 0) is 107 Å². The molecule has 0 amide bonds. The molecule has 3 unspecified atom stereocenters. The Kier molecular flexibility index (Phi) is 7.31. The van der Waals surface area contributed by atoms with Gasteiger partial charge in [0.05, 0.1) is 24.0 Å². The van der Waals surface area contributed by atoms with Crippen molar-refractivity contribution in [3.63, 3.8) is 0 Å². The Hall–Kier alpha value is -2.48. The van der Waals surface area contributed by atoms with Crippen LogP contribution in [-0.4, -0.2) is 45.0 Å². The third-order valence-corrected chi connectivity index (χ3v) is 10.6. The maximum absolute atomic E-state index is 4.81. The second kappa shape index (κ2) is 11.1. The molecule has 3 saturated heterocycles. The molecule has 1 saturated carbocycles. The minimum Gasteiger partial charge on any atom is -0.344 e. The summed E-state index contributed by atoms with van der Waals surface area (Å²) in [7, 11) is 2.35. The van der Waals surface area contributed by atoms with Gasteiger partial charge in [-0.1, -0.05) is 26.0 Å². The molecule has 3 aromatic rings. The molecule has 6 heterocycles. The van der Waals surface area contributed by atoms with Gasteiger partial charge in [0.15, 0.2) is 0 Å². The summed E-state index contributed by atoms with van der Waals surface area (Å²) in [6, 6.07) is 6.84. The van der Waals surface area contributed by atoms with Crippen molar-refractivity contribution in [3.05, 3.63) is 58.6 Å². The highest BCUT2D eigenvalue weighted by Gasteiger charge is 2.45. The Morgan fingerprint density at radius 1 is 0.700 bits per heavy atom. The third-order valence-electron chi connectivity index (χ3n) is 10.6. The first-order valence-electron chi connectivity index (χ1n) is 16.2. The van der Waals surface area contributed by atoms with Gasteiger partial charge in [-0.2, -0.15) is 0 Å². The average Bonchev–Trinajstić information content (AvgIpc) is 3.84. The maximum atomic E-state index is 4.81. The predicted octanol–water partition coefficient (Wildman–Crippen LogP) is 6.94. The number of rotatable bonds is 5. The van der Waals surface area contributed by atoms with Gasteiger partial charge in [-0.25, -0.2) is 9.97 Å². The third kappa shape index (κ3) is 4.45. The second-order valence-corrected chi connectivity index (χ2v) is 12.6. The Morgan fingerprint density at radius 3 is 2.00 bits per heavy atom. The van der Waals surface area contributed by atoms with Crippen molar-refractivity contribution in [2.24, 2.45) is 0 Å². The van der Waals surface area contributed by atoms with Gasteiger partial charge in [-0.15, -0.1) is 0 Å². The molecular formula is C33H47N7. The molecule has 7 nitrogen and oxygen atoms in total. The van der Waals surface area contributed by atoms with Crippen LogP contribution in [0.1, 0.15) is 148 Å². The van der Waals surface area contributed by atoms with E-state index in [-0.39, 0.29) is 0 Å². The van der Waals surface area contributed by atoms with Gasteiger partial charge >= 0.3 is 0 Å². The van der Waals surface area contributed by atoms with Gasteiger partial charge in [0, 0.05) is 35.5 Å². The summed E-state index contributed by atoms with van der Waals surface area (Å²) >= 11 is 0. The molecule has 40 heavy (non-hydrogen) atoms. The number of H-pyrrole nitrogens is 2. The Bertz CT molecular complexity index is 1300. The summed E-state index contributed by atoms with van der Waals surface area (Å²) in [5.74, 6) is 3.54. The highest BCUT2D eigenvalue weighted by atomic mass is 15.2. The molecule has 4 N–H and O–H groups in total. The van der Waals surface area contributed by atoms with E-state index in [9.17, 15) is 0 Å². The molecule has 4 fully saturated rings. The number of benzene rings is 1. The zero-order chi connectivity index (χ0) is 27.2. The van der Waals surface area contributed by atoms with E-state index in [2.05, 4.69) is 57.1 Å². The first-order chi connectivity index (χ1) is 19.7. The molecule has 8 rings (SSSR count). The molecule has 4 aliphatic heterocycles.